The molecule has 616 valence electrons. The van der Waals surface area contributed by atoms with Crippen LogP contribution in [-0.4, -0.2) is 306 Å². The van der Waals surface area contributed by atoms with Gasteiger partial charge in [-0.05, 0) is 139 Å². The molecule has 4 heterocycles. The lowest BCUT2D eigenvalue weighted by molar-refractivity contribution is -0.219. The summed E-state index contributed by atoms with van der Waals surface area (Å²) >= 11 is 6.88. The van der Waals surface area contributed by atoms with Gasteiger partial charge in [0.15, 0.2) is 0 Å². The standard InChI is InChI=1S/C76H119ClF6N12O14/c1-12-45(5)64-72(105)88(7)43-62(98)89(8)55-22-15-14-18-29-94(71(55)104)59(37-48-24-25-49(78)38-51(48)77)69(102)87(6)42-60(96)84-54(26-23-46-35-52(79)63(53(80)36-46)76(81,82)83)68(101)95-41-50(109-13-2)39-57(95)67(100)86-75(27-19-28-75)74(107)92(11)65(47-20-16-17-21-47)73(106)91(10)58(70(103)93-30-32-108-33-31-93)40-61(97)90(9)56(34-44(3)4)66(99)85-64/h44-59,63-65H,12-43H2,1-11H3,(H,84,96)(H,85,99)(H,86,100)/t45-,46?,48?,49?,50+,51?,52?,53?,54-,55-,56-,57-,58-,59-,63?,64-,65-/m0/s1. The van der Waals surface area contributed by atoms with E-state index < -0.39 is 229 Å². The highest BCUT2D eigenvalue weighted by molar-refractivity contribution is 6.21. The number of nitrogens with zero attached hydrogens (tertiary/aromatic N) is 9. The van der Waals surface area contributed by atoms with E-state index in [-0.39, 0.29) is 116 Å². The Balaban J connectivity index is 1.21. The van der Waals surface area contributed by atoms with Gasteiger partial charge in [-0.1, -0.05) is 59.8 Å². The Morgan fingerprint density at radius 3 is 1.88 bits per heavy atom. The van der Waals surface area contributed by atoms with Gasteiger partial charge in [0.25, 0.3) is 0 Å². The molecule has 3 N–H and O–H groups in total. The van der Waals surface area contributed by atoms with E-state index in [9.17, 15) is 31.9 Å². The van der Waals surface area contributed by atoms with Gasteiger partial charge in [-0.25, -0.2) is 13.2 Å². The van der Waals surface area contributed by atoms with E-state index in [1.807, 2.05) is 20.8 Å². The molecule has 4 saturated heterocycles. The van der Waals surface area contributed by atoms with Crippen LogP contribution in [-0.2, 0) is 67.0 Å². The highest BCUT2D eigenvalue weighted by Gasteiger charge is 2.56. The predicted octanol–water partition coefficient (Wildman–Crippen LogP) is 5.72. The molecule has 15 atom stereocenters. The number of carbonyl (C=O) groups is 12. The predicted molar refractivity (Wildman–Crippen MR) is 390 cm³/mol. The van der Waals surface area contributed by atoms with E-state index in [4.69, 9.17) is 21.1 Å². The van der Waals surface area contributed by atoms with E-state index in [0.717, 1.165) is 14.7 Å². The Labute approximate surface area is 642 Å². The Hall–Kier alpha value is -6.57. The van der Waals surface area contributed by atoms with Gasteiger partial charge >= 0.3 is 6.18 Å². The first-order chi connectivity index (χ1) is 51.4. The first kappa shape index (κ1) is 88.0. The molecule has 0 radical (unpaired) electrons. The second-order valence-corrected chi connectivity index (χ2v) is 33.2. The lowest BCUT2D eigenvalue weighted by Crippen LogP contribution is -2.68. The van der Waals surface area contributed by atoms with E-state index in [1.165, 1.54) is 71.7 Å². The number of likely N-dealkylation sites (N-methyl/N-ethyl adjacent to an activating group) is 6. The van der Waals surface area contributed by atoms with Crippen LogP contribution < -0.4 is 16.0 Å². The molecule has 8 rings (SSSR count). The van der Waals surface area contributed by atoms with E-state index in [1.54, 1.807) is 13.8 Å². The molecule has 8 aliphatic rings. The molecule has 1 spiro atoms. The summed E-state index contributed by atoms with van der Waals surface area (Å²) in [6.45, 7) is 7.89. The number of amides is 12. The SMILES string of the molecule is CCO[C@@H]1C[C@H]2C(=O)NC3(CCC3)C(=O)N(C)[C@@H](C3CCCC3)C(=O)N(C)[C@H](C(=O)N3CCOCC3)CC(=O)N(C)[C@@H](CC(C)C)C(=O)N[C@@H]([C@@H](C)CC)C(=O)N(C)CC(=O)N(C)[C@H]3CCCCCN(C3=O)[C@@H](CC3CCC(F)CC3Cl)C(=O)N(C)CC(=O)N[C@@H](CCC3CC(F)C(C(F)(F)F)C(F)C3)C(=O)N2C1. The largest absolute Gasteiger partial charge is 0.397 e. The Bertz CT molecular complexity index is 3210. The molecule has 109 heavy (non-hydrogen) atoms. The number of rotatable bonds is 13. The molecule has 4 aliphatic carbocycles. The maximum absolute atomic E-state index is 15.7. The van der Waals surface area contributed by atoms with Gasteiger partial charge < -0.3 is 69.5 Å². The van der Waals surface area contributed by atoms with Gasteiger partial charge in [-0.15, -0.1) is 11.6 Å². The molecule has 4 aliphatic heterocycles. The topological polar surface area (TPSA) is 289 Å². The third-order valence-corrected chi connectivity index (χ3v) is 25.1. The van der Waals surface area contributed by atoms with E-state index in [2.05, 4.69) is 16.0 Å². The van der Waals surface area contributed by atoms with Crippen molar-refractivity contribution in [3.05, 3.63) is 0 Å². The van der Waals surface area contributed by atoms with Crippen molar-refractivity contribution in [1.82, 2.24) is 60.0 Å². The van der Waals surface area contributed by atoms with Crippen LogP contribution in [0.2, 0.25) is 0 Å². The molecule has 2 bridgehead atoms. The number of hydrogen-bond acceptors (Lipinski definition) is 14. The van der Waals surface area contributed by atoms with Gasteiger partial charge in [0.2, 0.25) is 70.9 Å². The van der Waals surface area contributed by atoms with Crippen LogP contribution in [0.25, 0.3) is 0 Å². The average Bonchev–Trinajstić information content (AvgIpc) is 1.45. The highest BCUT2D eigenvalue weighted by Crippen LogP contribution is 2.45. The number of hydrogen-bond donors (Lipinski definition) is 3. The first-order valence-corrected chi connectivity index (χ1v) is 40.1. The monoisotopic (exact) mass is 1570 g/mol. The van der Waals surface area contributed by atoms with Crippen LogP contribution in [0.1, 0.15) is 182 Å². The second-order valence-electron chi connectivity index (χ2n) is 32.6. The Kier molecular flexibility index (Phi) is 31.3. The van der Waals surface area contributed by atoms with Crippen LogP contribution in [0.4, 0.5) is 26.3 Å². The highest BCUT2D eigenvalue weighted by atomic mass is 35.5. The Morgan fingerprint density at radius 1 is 0.642 bits per heavy atom. The fourth-order valence-electron chi connectivity index (χ4n) is 17.6. The van der Waals surface area contributed by atoms with Crippen molar-refractivity contribution in [2.24, 2.45) is 35.5 Å². The summed E-state index contributed by atoms with van der Waals surface area (Å²) in [5.41, 5.74) is -1.68. The summed E-state index contributed by atoms with van der Waals surface area (Å²) < 4.78 is 99.6. The van der Waals surface area contributed by atoms with Gasteiger partial charge in [-0.3, -0.25) is 57.5 Å². The minimum atomic E-state index is -5.20. The smallest absolute Gasteiger partial charge is 0.378 e. The molecular weight excluding hydrogens is 1450 g/mol. The van der Waals surface area contributed by atoms with E-state index >= 15 is 51.9 Å². The molecule has 0 aromatic heterocycles. The summed E-state index contributed by atoms with van der Waals surface area (Å²) in [6, 6.07) is -11.0. The molecular formula is C76H119ClF6N12O14. The average molecular weight is 1570 g/mol. The number of ether oxygens (including phenoxy) is 2. The number of morpholine rings is 1. The normalized spacial score (nSPS) is 33.1. The number of halogens is 7. The fourth-order valence-corrected chi connectivity index (χ4v) is 18.1. The van der Waals surface area contributed by atoms with Crippen molar-refractivity contribution in [3.63, 3.8) is 0 Å². The zero-order valence-corrected chi connectivity index (χ0v) is 66.2. The van der Waals surface area contributed by atoms with Crippen molar-refractivity contribution in [2.75, 3.05) is 101 Å². The zero-order valence-electron chi connectivity index (χ0n) is 65.5. The van der Waals surface area contributed by atoms with Crippen LogP contribution in [0.5, 0.6) is 0 Å². The lowest BCUT2D eigenvalue weighted by atomic mass is 9.74. The third-order valence-electron chi connectivity index (χ3n) is 24.6. The molecule has 0 aromatic carbocycles. The van der Waals surface area contributed by atoms with Gasteiger partial charge in [-0.2, -0.15) is 13.2 Å². The minimum Gasteiger partial charge on any atom is -0.378 e. The second kappa shape index (κ2) is 38.8. The fraction of sp³-hybridized carbons (Fsp3) is 0.842. The first-order valence-electron chi connectivity index (χ1n) is 39.6. The molecule has 4 saturated carbocycles. The van der Waals surface area contributed by atoms with Crippen molar-refractivity contribution in [3.8, 4) is 0 Å². The number of alkyl halides is 7. The summed E-state index contributed by atoms with van der Waals surface area (Å²) in [5.74, 6) is -14.6. The summed E-state index contributed by atoms with van der Waals surface area (Å²) in [7, 11) is 8.28. The number of nitrogens with one attached hydrogen (secondary N) is 3. The summed E-state index contributed by atoms with van der Waals surface area (Å²) in [5, 5.41) is 7.76. The van der Waals surface area contributed by atoms with Crippen molar-refractivity contribution in [2.45, 2.75) is 272 Å². The molecule has 26 nitrogen and oxygen atoms in total. The third kappa shape index (κ3) is 21.4. The summed E-state index contributed by atoms with van der Waals surface area (Å²) in [6.07, 6.45) is -10.5. The summed E-state index contributed by atoms with van der Waals surface area (Å²) in [4.78, 5) is 194. The maximum Gasteiger partial charge on any atom is 0.397 e. The van der Waals surface area contributed by atoms with Crippen molar-refractivity contribution < 1.29 is 93.4 Å². The molecule has 5 unspecified atom stereocenters. The number of carbonyl (C=O) groups excluding carboxylic acids is 12. The van der Waals surface area contributed by atoms with Gasteiger partial charge in [0.1, 0.15) is 78.3 Å². The molecule has 0 aromatic rings. The van der Waals surface area contributed by atoms with Crippen LogP contribution in [0.15, 0.2) is 0 Å². The Morgan fingerprint density at radius 2 is 1.28 bits per heavy atom. The quantitative estimate of drug-likeness (QED) is 0.147. The zero-order chi connectivity index (χ0) is 80.3. The maximum atomic E-state index is 15.7. The van der Waals surface area contributed by atoms with Crippen molar-refractivity contribution >= 4 is 82.5 Å². The van der Waals surface area contributed by atoms with Crippen LogP contribution in [0, 0.1) is 35.5 Å². The molecule has 33 heteroatoms. The van der Waals surface area contributed by atoms with Gasteiger partial charge in [0, 0.05) is 86.9 Å². The lowest BCUT2D eigenvalue weighted by Gasteiger charge is -2.47. The van der Waals surface area contributed by atoms with Gasteiger partial charge in [0.05, 0.1) is 38.8 Å². The van der Waals surface area contributed by atoms with Crippen molar-refractivity contribution in [1.29, 1.82) is 0 Å². The number of fused-ring (bicyclic) bond motifs is 3. The van der Waals surface area contributed by atoms with E-state index in [0.29, 0.717) is 57.8 Å². The molecule has 12 amide bonds. The molecule has 8 fully saturated rings. The van der Waals surface area contributed by atoms with Crippen LogP contribution in [0.3, 0.4) is 0 Å². The minimum absolute atomic E-state index is 0.0163. The van der Waals surface area contributed by atoms with Crippen LogP contribution >= 0.6 is 11.6 Å².